The fraction of sp³-hybridized carbons (Fsp3) is 0.300. The van der Waals surface area contributed by atoms with Crippen LogP contribution in [0.5, 0.6) is 11.5 Å². The second-order valence-electron chi connectivity index (χ2n) is 6.18. The van der Waals surface area contributed by atoms with Crippen molar-refractivity contribution in [3.8, 4) is 11.5 Å². The molecule has 0 aromatic heterocycles. The van der Waals surface area contributed by atoms with E-state index in [0.717, 1.165) is 28.3 Å². The molecule has 2 aromatic carbocycles. The van der Waals surface area contributed by atoms with Gasteiger partial charge in [-0.3, -0.25) is 15.6 Å². The molecular weight excluding hydrogens is 394 g/mol. The lowest BCUT2D eigenvalue weighted by molar-refractivity contribution is -0.119. The molecule has 0 saturated heterocycles. The number of thioether (sulfide) groups is 1. The normalized spacial score (nSPS) is 12.2. The lowest BCUT2D eigenvalue weighted by atomic mass is 10.1. The van der Waals surface area contributed by atoms with Crippen LogP contribution in [0.25, 0.3) is 0 Å². The summed E-state index contributed by atoms with van der Waals surface area (Å²) in [6.07, 6.45) is 0.894. The Bertz CT molecular complexity index is 874. The van der Waals surface area contributed by atoms with Crippen LogP contribution in [0.3, 0.4) is 0 Å². The highest BCUT2D eigenvalue weighted by Crippen LogP contribution is 2.34. The highest BCUT2D eigenvalue weighted by molar-refractivity contribution is 8.00. The smallest absolute Gasteiger partial charge is 0.248 e. The molecule has 6 nitrogen and oxygen atoms in total. The number of hydrazine groups is 1. The summed E-state index contributed by atoms with van der Waals surface area (Å²) in [7, 11) is 0. The maximum absolute atomic E-state index is 12.1. The number of aryl methyl sites for hydroxylation is 2. The average Bonchev–Trinajstić information content (AvgIpc) is 2.72. The Morgan fingerprint density at radius 1 is 1.14 bits per heavy atom. The molecule has 0 saturated carbocycles. The van der Waals surface area contributed by atoms with E-state index in [9.17, 15) is 4.79 Å². The second kappa shape index (κ2) is 9.66. The van der Waals surface area contributed by atoms with Gasteiger partial charge in [-0.15, -0.1) is 11.8 Å². The molecule has 1 aliphatic heterocycles. The third-order valence-corrected chi connectivity index (χ3v) is 5.38. The molecule has 28 heavy (non-hydrogen) atoms. The van der Waals surface area contributed by atoms with Crippen molar-refractivity contribution in [1.29, 1.82) is 0 Å². The third kappa shape index (κ3) is 5.30. The minimum Gasteiger partial charge on any atom is -0.486 e. The van der Waals surface area contributed by atoms with Gasteiger partial charge < -0.3 is 14.8 Å². The fourth-order valence-corrected chi connectivity index (χ4v) is 3.65. The number of para-hydroxylation sites is 1. The van der Waals surface area contributed by atoms with Crippen molar-refractivity contribution in [2.75, 3.05) is 24.3 Å². The molecule has 0 atom stereocenters. The molecule has 0 fully saturated rings. The zero-order chi connectivity index (χ0) is 19.9. The van der Waals surface area contributed by atoms with Crippen LogP contribution in [-0.2, 0) is 11.2 Å². The predicted molar refractivity (Wildman–Crippen MR) is 116 cm³/mol. The highest BCUT2D eigenvalue weighted by atomic mass is 32.2. The monoisotopic (exact) mass is 417 g/mol. The zero-order valence-corrected chi connectivity index (χ0v) is 17.5. The number of anilines is 1. The summed E-state index contributed by atoms with van der Waals surface area (Å²) in [6, 6.07) is 11.8. The van der Waals surface area contributed by atoms with Crippen molar-refractivity contribution in [2.24, 2.45) is 0 Å². The first kappa shape index (κ1) is 20.3. The summed E-state index contributed by atoms with van der Waals surface area (Å²) >= 11 is 6.71. The Morgan fingerprint density at radius 2 is 1.93 bits per heavy atom. The molecule has 1 aliphatic rings. The van der Waals surface area contributed by atoms with E-state index in [0.29, 0.717) is 24.1 Å². The van der Waals surface area contributed by atoms with Gasteiger partial charge in [0, 0.05) is 10.6 Å². The standard InChI is InChI=1S/C20H23N3O3S2/c1-3-14-6-4-5-13(2)19(14)21-20(27)23-22-18(24)12-28-15-7-8-16-17(11-15)26-10-9-25-16/h4-8,11H,3,9-10,12H2,1-2H3,(H,22,24)(H2,21,23,27). The van der Waals surface area contributed by atoms with Crippen molar-refractivity contribution in [3.05, 3.63) is 47.5 Å². The summed E-state index contributed by atoms with van der Waals surface area (Å²) in [4.78, 5) is 13.1. The SMILES string of the molecule is CCc1cccc(C)c1NC(=S)NNC(=O)CSc1ccc2c(c1)OCCO2. The van der Waals surface area contributed by atoms with Crippen LogP contribution in [0.2, 0.25) is 0 Å². The van der Waals surface area contributed by atoms with Gasteiger partial charge in [0.05, 0.1) is 5.75 Å². The lowest BCUT2D eigenvalue weighted by Crippen LogP contribution is -2.44. The molecule has 0 aliphatic carbocycles. The topological polar surface area (TPSA) is 71.6 Å². The van der Waals surface area contributed by atoms with Crippen molar-refractivity contribution in [2.45, 2.75) is 25.2 Å². The molecule has 0 unspecified atom stereocenters. The van der Waals surface area contributed by atoms with Crippen molar-refractivity contribution in [1.82, 2.24) is 10.9 Å². The quantitative estimate of drug-likeness (QED) is 0.391. The summed E-state index contributed by atoms with van der Waals surface area (Å²) in [6.45, 7) is 5.21. The lowest BCUT2D eigenvalue weighted by Gasteiger charge is -2.18. The van der Waals surface area contributed by atoms with Crippen molar-refractivity contribution < 1.29 is 14.3 Å². The van der Waals surface area contributed by atoms with Crippen LogP contribution in [0.1, 0.15) is 18.1 Å². The van der Waals surface area contributed by atoms with E-state index in [1.807, 2.05) is 37.3 Å². The predicted octanol–water partition coefficient (Wildman–Crippen LogP) is 3.44. The third-order valence-electron chi connectivity index (χ3n) is 4.18. The number of amides is 1. The Hall–Kier alpha value is -2.45. The number of carbonyl (C=O) groups excluding carboxylic acids is 1. The molecule has 3 N–H and O–H groups in total. The minimum absolute atomic E-state index is 0.176. The van der Waals surface area contributed by atoms with E-state index < -0.39 is 0 Å². The Balaban J connectivity index is 1.46. The van der Waals surface area contributed by atoms with Gasteiger partial charge in [0.2, 0.25) is 5.91 Å². The zero-order valence-electron chi connectivity index (χ0n) is 15.8. The van der Waals surface area contributed by atoms with Crippen LogP contribution in [0.15, 0.2) is 41.3 Å². The Morgan fingerprint density at radius 3 is 2.71 bits per heavy atom. The van der Waals surface area contributed by atoms with Gasteiger partial charge in [0.15, 0.2) is 16.6 Å². The van der Waals surface area contributed by atoms with Crippen LogP contribution in [-0.4, -0.2) is 30.0 Å². The molecule has 3 rings (SSSR count). The van der Waals surface area contributed by atoms with Crippen molar-refractivity contribution in [3.63, 3.8) is 0 Å². The number of hydrogen-bond donors (Lipinski definition) is 3. The molecule has 0 spiro atoms. The molecule has 148 valence electrons. The van der Waals surface area contributed by atoms with E-state index in [1.165, 1.54) is 17.3 Å². The number of ether oxygens (including phenoxy) is 2. The molecule has 8 heteroatoms. The van der Waals surface area contributed by atoms with E-state index in [4.69, 9.17) is 21.7 Å². The summed E-state index contributed by atoms with van der Waals surface area (Å²) in [5.74, 6) is 1.52. The van der Waals surface area contributed by atoms with E-state index in [-0.39, 0.29) is 11.7 Å². The first-order chi connectivity index (χ1) is 13.6. The molecule has 0 radical (unpaired) electrons. The molecule has 2 aromatic rings. The van der Waals surface area contributed by atoms with Gasteiger partial charge in [0.25, 0.3) is 0 Å². The van der Waals surface area contributed by atoms with E-state index in [1.54, 1.807) is 0 Å². The molecule has 0 bridgehead atoms. The van der Waals surface area contributed by atoms with Crippen LogP contribution in [0.4, 0.5) is 5.69 Å². The van der Waals surface area contributed by atoms with Gasteiger partial charge in [-0.25, -0.2) is 0 Å². The maximum atomic E-state index is 12.1. The molecule has 1 heterocycles. The van der Waals surface area contributed by atoms with Gasteiger partial charge >= 0.3 is 0 Å². The molecular formula is C20H23N3O3S2. The Labute approximate surface area is 174 Å². The number of benzene rings is 2. The number of thiocarbonyl (C=S) groups is 1. The summed E-state index contributed by atoms with van der Waals surface area (Å²) in [5.41, 5.74) is 8.63. The number of hydrogen-bond acceptors (Lipinski definition) is 5. The second-order valence-corrected chi connectivity index (χ2v) is 7.64. The number of fused-ring (bicyclic) bond motifs is 1. The van der Waals surface area contributed by atoms with Crippen LogP contribution < -0.4 is 25.6 Å². The highest BCUT2D eigenvalue weighted by Gasteiger charge is 2.13. The summed E-state index contributed by atoms with van der Waals surface area (Å²) in [5, 5.41) is 3.51. The Kier molecular flexibility index (Phi) is 7.00. The fourth-order valence-electron chi connectivity index (χ4n) is 2.77. The number of carbonyl (C=O) groups is 1. The van der Waals surface area contributed by atoms with Gasteiger partial charge in [-0.05, 0) is 54.9 Å². The number of nitrogens with one attached hydrogen (secondary N) is 3. The van der Waals surface area contributed by atoms with Gasteiger partial charge in [-0.2, -0.15) is 0 Å². The van der Waals surface area contributed by atoms with E-state index in [2.05, 4.69) is 29.2 Å². The molecule has 1 amide bonds. The van der Waals surface area contributed by atoms with Crippen LogP contribution >= 0.6 is 24.0 Å². The maximum Gasteiger partial charge on any atom is 0.248 e. The first-order valence-corrected chi connectivity index (χ1v) is 10.4. The largest absolute Gasteiger partial charge is 0.486 e. The number of rotatable bonds is 5. The minimum atomic E-state index is -0.176. The summed E-state index contributed by atoms with van der Waals surface area (Å²) < 4.78 is 11.1. The van der Waals surface area contributed by atoms with Crippen molar-refractivity contribution >= 4 is 40.7 Å². The average molecular weight is 418 g/mol. The van der Waals surface area contributed by atoms with Gasteiger partial charge in [-0.1, -0.05) is 25.1 Å². The van der Waals surface area contributed by atoms with Crippen LogP contribution in [0, 0.1) is 6.92 Å². The first-order valence-electron chi connectivity index (χ1n) is 9.03. The van der Waals surface area contributed by atoms with E-state index >= 15 is 0 Å². The van der Waals surface area contributed by atoms with Gasteiger partial charge in [0.1, 0.15) is 13.2 Å².